The van der Waals surface area contributed by atoms with Gasteiger partial charge in [0.2, 0.25) is 0 Å². The van der Waals surface area contributed by atoms with Gasteiger partial charge in [-0.15, -0.1) is 0 Å². The minimum Gasteiger partial charge on any atom is -0.462 e. The lowest BCUT2D eigenvalue weighted by molar-refractivity contribution is -0.161. The minimum atomic E-state index is -4.75. The molecule has 0 radical (unpaired) electrons. The Bertz CT molecular complexity index is 833. The van der Waals surface area contributed by atoms with Gasteiger partial charge < -0.3 is 19.3 Å². The van der Waals surface area contributed by atoms with E-state index in [1.807, 2.05) is 0 Å². The molecule has 0 aliphatic heterocycles. The first-order valence-corrected chi connectivity index (χ1v) is 19.3. The molecule has 9 heteroatoms. The van der Waals surface area contributed by atoms with E-state index in [9.17, 15) is 14.2 Å². The summed E-state index contributed by atoms with van der Waals surface area (Å²) >= 11 is 0. The predicted octanol–water partition coefficient (Wildman–Crippen LogP) is 10.2. The molecule has 262 valence electrons. The lowest BCUT2D eigenvalue weighted by atomic mass is 10.1. The van der Waals surface area contributed by atoms with Crippen molar-refractivity contribution in [2.75, 3.05) is 13.2 Å². The van der Waals surface area contributed by atoms with Gasteiger partial charge in [0.1, 0.15) is 6.61 Å². The van der Waals surface area contributed by atoms with Crippen molar-refractivity contribution >= 4 is 19.8 Å². The summed E-state index contributed by atoms with van der Waals surface area (Å²) < 4.78 is 26.2. The van der Waals surface area contributed by atoms with Crippen LogP contribution in [0.4, 0.5) is 0 Å². The number of esters is 2. The molecule has 0 aromatic heterocycles. The molecule has 1 atom stereocenters. The van der Waals surface area contributed by atoms with E-state index >= 15 is 0 Å². The average molecular weight is 657 g/mol. The molecule has 0 amide bonds. The van der Waals surface area contributed by atoms with E-state index in [0.717, 1.165) is 70.6 Å². The molecule has 0 saturated carbocycles. The second kappa shape index (κ2) is 32.2. The van der Waals surface area contributed by atoms with Gasteiger partial charge in [-0.05, 0) is 64.2 Å². The number of hydrogen-bond acceptors (Lipinski definition) is 6. The highest BCUT2D eigenvalue weighted by Gasteiger charge is 2.22. The Balaban J connectivity index is 4.05. The van der Waals surface area contributed by atoms with Gasteiger partial charge >= 0.3 is 19.8 Å². The molecule has 0 saturated heterocycles. The number of rotatable bonds is 32. The summed E-state index contributed by atoms with van der Waals surface area (Å²) in [6.07, 6.45) is 35.8. The van der Waals surface area contributed by atoms with Crippen molar-refractivity contribution < 1.29 is 37.9 Å². The van der Waals surface area contributed by atoms with Crippen molar-refractivity contribution in [2.24, 2.45) is 0 Å². The van der Waals surface area contributed by atoms with Crippen molar-refractivity contribution in [3.05, 3.63) is 36.5 Å². The Labute approximate surface area is 274 Å². The quantitative estimate of drug-likeness (QED) is 0.0318. The van der Waals surface area contributed by atoms with Crippen LogP contribution in [0.1, 0.15) is 162 Å². The molecule has 0 aliphatic rings. The van der Waals surface area contributed by atoms with Crippen LogP contribution in [0.3, 0.4) is 0 Å². The number of ether oxygens (including phenoxy) is 2. The van der Waals surface area contributed by atoms with Crippen LogP contribution >= 0.6 is 7.82 Å². The van der Waals surface area contributed by atoms with Crippen LogP contribution in [0.2, 0.25) is 0 Å². The smallest absolute Gasteiger partial charge is 0.462 e. The number of phosphoric acid groups is 1. The molecule has 0 aromatic carbocycles. The number of allylic oxidation sites excluding steroid dienone is 6. The van der Waals surface area contributed by atoms with E-state index in [1.165, 1.54) is 51.4 Å². The maximum atomic E-state index is 12.3. The highest BCUT2D eigenvalue weighted by atomic mass is 31.2. The third kappa shape index (κ3) is 35.0. The van der Waals surface area contributed by atoms with Crippen molar-refractivity contribution in [3.63, 3.8) is 0 Å². The van der Waals surface area contributed by atoms with Crippen LogP contribution in [-0.2, 0) is 28.2 Å². The maximum absolute atomic E-state index is 12.3. The van der Waals surface area contributed by atoms with Crippen LogP contribution in [0.5, 0.6) is 0 Å². The largest absolute Gasteiger partial charge is 0.469 e. The zero-order valence-corrected chi connectivity index (χ0v) is 29.4. The van der Waals surface area contributed by atoms with Crippen LogP contribution in [0.25, 0.3) is 0 Å². The normalized spacial score (nSPS) is 12.9. The third-order valence-electron chi connectivity index (χ3n) is 7.38. The average Bonchev–Trinajstić information content (AvgIpc) is 3.00. The number of carbonyl (C=O) groups is 2. The van der Waals surface area contributed by atoms with E-state index in [1.54, 1.807) is 0 Å². The van der Waals surface area contributed by atoms with Crippen molar-refractivity contribution in [2.45, 2.75) is 168 Å². The summed E-state index contributed by atoms with van der Waals surface area (Å²) in [4.78, 5) is 42.6. The zero-order valence-electron chi connectivity index (χ0n) is 28.5. The Morgan fingerprint density at radius 2 is 1.02 bits per heavy atom. The van der Waals surface area contributed by atoms with Crippen LogP contribution in [-0.4, -0.2) is 41.0 Å². The van der Waals surface area contributed by atoms with Crippen LogP contribution in [0.15, 0.2) is 36.5 Å². The molecule has 0 unspecified atom stereocenters. The van der Waals surface area contributed by atoms with Gasteiger partial charge in [0.25, 0.3) is 0 Å². The SMILES string of the molecule is CCCC/C=C/C/C=C/CCCCCCCC(=O)OC[C@H](COP(=O)(O)O)OC(=O)CCCCC/C=C/CCCCCCCC. The lowest BCUT2D eigenvalue weighted by Crippen LogP contribution is -2.29. The third-order valence-corrected chi connectivity index (χ3v) is 7.87. The fourth-order valence-electron chi connectivity index (χ4n) is 4.68. The Kier molecular flexibility index (Phi) is 31.0. The fourth-order valence-corrected chi connectivity index (χ4v) is 5.04. The summed E-state index contributed by atoms with van der Waals surface area (Å²) in [6.45, 7) is 3.59. The molecule has 0 aliphatic carbocycles. The van der Waals surface area contributed by atoms with Gasteiger partial charge in [-0.3, -0.25) is 14.1 Å². The van der Waals surface area contributed by atoms with E-state index in [4.69, 9.17) is 19.3 Å². The van der Waals surface area contributed by atoms with E-state index < -0.39 is 32.5 Å². The molecule has 0 spiro atoms. The summed E-state index contributed by atoms with van der Waals surface area (Å²) in [7, 11) is -4.75. The summed E-state index contributed by atoms with van der Waals surface area (Å²) in [5.74, 6) is -0.922. The van der Waals surface area contributed by atoms with Gasteiger partial charge in [0.05, 0.1) is 6.61 Å². The first-order chi connectivity index (χ1) is 21.8. The highest BCUT2D eigenvalue weighted by molar-refractivity contribution is 7.46. The summed E-state index contributed by atoms with van der Waals surface area (Å²) in [6, 6.07) is 0. The first kappa shape index (κ1) is 43.3. The number of phosphoric ester groups is 1. The fraction of sp³-hybridized carbons (Fsp3) is 0.778. The minimum absolute atomic E-state index is 0.188. The topological polar surface area (TPSA) is 119 Å². The standard InChI is InChI=1S/C36H65O8P/c1-3-5-7-9-11-13-15-17-19-20-22-24-26-28-30-35(37)42-32-34(33-43-45(39,40)41)44-36(38)31-29-27-25-23-21-18-16-14-12-10-8-6-4-2/h9,11,15,17-18,21,34H,3-8,10,12-14,16,19-20,22-33H2,1-2H3,(H2,39,40,41)/b11-9+,17-15+,21-18+/t34-/m1/s1. The van der Waals surface area contributed by atoms with Crippen LogP contribution < -0.4 is 0 Å². The van der Waals surface area contributed by atoms with Gasteiger partial charge in [0, 0.05) is 12.8 Å². The first-order valence-electron chi connectivity index (χ1n) is 17.8. The number of carbonyl (C=O) groups excluding carboxylic acids is 2. The molecule has 0 bridgehead atoms. The molecular weight excluding hydrogens is 591 g/mol. The second-order valence-electron chi connectivity index (χ2n) is 11.8. The van der Waals surface area contributed by atoms with Crippen molar-refractivity contribution in [3.8, 4) is 0 Å². The predicted molar refractivity (Wildman–Crippen MR) is 184 cm³/mol. The van der Waals surface area contributed by atoms with E-state index in [2.05, 4.69) is 54.8 Å². The summed E-state index contributed by atoms with van der Waals surface area (Å²) in [5.41, 5.74) is 0. The maximum Gasteiger partial charge on any atom is 0.469 e. The van der Waals surface area contributed by atoms with Crippen molar-refractivity contribution in [1.29, 1.82) is 0 Å². The molecule has 0 aromatic rings. The number of unbranched alkanes of at least 4 members (excludes halogenated alkanes) is 16. The molecular formula is C36H65O8P. The second-order valence-corrected chi connectivity index (χ2v) is 13.1. The van der Waals surface area contributed by atoms with E-state index in [0.29, 0.717) is 12.8 Å². The Hall–Kier alpha value is -1.73. The molecule has 2 N–H and O–H groups in total. The summed E-state index contributed by atoms with van der Waals surface area (Å²) in [5, 5.41) is 0. The van der Waals surface area contributed by atoms with Gasteiger partial charge in [-0.2, -0.15) is 0 Å². The molecule has 0 fully saturated rings. The molecule has 0 rings (SSSR count). The van der Waals surface area contributed by atoms with Gasteiger partial charge in [-0.25, -0.2) is 4.57 Å². The zero-order chi connectivity index (χ0) is 33.3. The van der Waals surface area contributed by atoms with E-state index in [-0.39, 0.29) is 19.4 Å². The molecule has 8 nitrogen and oxygen atoms in total. The van der Waals surface area contributed by atoms with Crippen LogP contribution in [0, 0.1) is 0 Å². The molecule has 45 heavy (non-hydrogen) atoms. The number of hydrogen-bond donors (Lipinski definition) is 2. The van der Waals surface area contributed by atoms with Crippen molar-refractivity contribution in [1.82, 2.24) is 0 Å². The Morgan fingerprint density at radius 1 is 0.578 bits per heavy atom. The Morgan fingerprint density at radius 3 is 1.58 bits per heavy atom. The van der Waals surface area contributed by atoms with Gasteiger partial charge in [-0.1, -0.05) is 121 Å². The lowest BCUT2D eigenvalue weighted by Gasteiger charge is -2.18. The molecule has 0 heterocycles. The monoisotopic (exact) mass is 656 g/mol. The highest BCUT2D eigenvalue weighted by Crippen LogP contribution is 2.35. The van der Waals surface area contributed by atoms with Gasteiger partial charge in [0.15, 0.2) is 6.10 Å².